The van der Waals surface area contributed by atoms with Gasteiger partial charge < -0.3 is 5.32 Å². The van der Waals surface area contributed by atoms with Crippen molar-refractivity contribution in [2.45, 2.75) is 25.3 Å². The number of amides is 1. The number of hydrogen-bond acceptors (Lipinski definition) is 4. The van der Waals surface area contributed by atoms with E-state index in [-0.39, 0.29) is 24.3 Å². The third-order valence-electron chi connectivity index (χ3n) is 4.25. The number of fused-ring (bicyclic) bond motifs is 1. The Hall–Kier alpha value is -1.86. The maximum Gasteiger partial charge on any atom is 0.252 e. The van der Waals surface area contributed by atoms with Crippen molar-refractivity contribution in [3.63, 3.8) is 0 Å². The zero-order chi connectivity index (χ0) is 15.8. The van der Waals surface area contributed by atoms with E-state index in [2.05, 4.69) is 10.3 Å². The maximum absolute atomic E-state index is 13.1. The van der Waals surface area contributed by atoms with Gasteiger partial charge in [-0.3, -0.25) is 13.8 Å². The van der Waals surface area contributed by atoms with Crippen molar-refractivity contribution in [1.82, 2.24) is 14.3 Å². The second-order valence-electron chi connectivity index (χ2n) is 5.63. The average Bonchev–Trinajstić information content (AvgIpc) is 3.18. The Labute approximate surface area is 141 Å². The number of carbonyl (C=O) groups is 1. The zero-order valence-electron chi connectivity index (χ0n) is 12.2. The lowest BCUT2D eigenvalue weighted by atomic mass is 9.92. The molecule has 1 N–H and O–H groups in total. The van der Waals surface area contributed by atoms with Crippen LogP contribution in [-0.2, 0) is 0 Å². The molecule has 1 aliphatic rings. The molecular weight excluding hydrogens is 333 g/mol. The van der Waals surface area contributed by atoms with Crippen LogP contribution in [0.2, 0.25) is 0 Å². The molecule has 4 nitrogen and oxygen atoms in total. The molecule has 2 heterocycles. The lowest BCUT2D eigenvalue weighted by Gasteiger charge is -2.26. The van der Waals surface area contributed by atoms with Crippen molar-refractivity contribution in [2.75, 3.05) is 0 Å². The summed E-state index contributed by atoms with van der Waals surface area (Å²) in [7, 11) is 0. The largest absolute Gasteiger partial charge is 0.349 e. The lowest BCUT2D eigenvalue weighted by molar-refractivity contribution is 0.0918. The summed E-state index contributed by atoms with van der Waals surface area (Å²) in [5, 5.41) is 3.83. The summed E-state index contributed by atoms with van der Waals surface area (Å²) < 4.78 is 14.6. The Balaban J connectivity index is 1.83. The normalized spacial score (nSPS) is 14.8. The second-order valence-corrected chi connectivity index (χ2v) is 7.05. The van der Waals surface area contributed by atoms with E-state index in [0.29, 0.717) is 11.1 Å². The van der Waals surface area contributed by atoms with Crippen LogP contribution in [0.1, 0.15) is 29.6 Å². The van der Waals surface area contributed by atoms with E-state index < -0.39 is 0 Å². The fourth-order valence-corrected chi connectivity index (χ4v) is 3.73. The molecule has 4 rings (SSSR count). The van der Waals surface area contributed by atoms with E-state index in [4.69, 9.17) is 0 Å². The SMILES string of the molecule is O=C(NC1CCC1)c1cc(-c2cncs2)cc2c1ccn2SF. The maximum atomic E-state index is 13.1. The van der Waals surface area contributed by atoms with E-state index in [1.54, 1.807) is 24.0 Å². The van der Waals surface area contributed by atoms with Crippen molar-refractivity contribution in [3.8, 4) is 10.4 Å². The molecule has 1 fully saturated rings. The van der Waals surface area contributed by atoms with Crippen LogP contribution in [0.4, 0.5) is 3.89 Å². The van der Waals surface area contributed by atoms with Gasteiger partial charge in [-0.05, 0) is 43.0 Å². The Morgan fingerprint density at radius 1 is 1.43 bits per heavy atom. The molecule has 1 saturated carbocycles. The van der Waals surface area contributed by atoms with Gasteiger partial charge in [-0.2, -0.15) is 0 Å². The topological polar surface area (TPSA) is 46.9 Å². The van der Waals surface area contributed by atoms with Gasteiger partial charge in [0, 0.05) is 29.4 Å². The van der Waals surface area contributed by atoms with E-state index in [1.165, 1.54) is 15.3 Å². The summed E-state index contributed by atoms with van der Waals surface area (Å²) in [6.07, 6.45) is 6.63. The van der Waals surface area contributed by atoms with Gasteiger partial charge in [0.15, 0.2) is 12.3 Å². The Bertz CT molecular complexity index is 856. The molecular formula is C16H14FN3OS2. The minimum Gasteiger partial charge on any atom is -0.349 e. The van der Waals surface area contributed by atoms with Crippen LogP contribution in [0.15, 0.2) is 36.1 Å². The lowest BCUT2D eigenvalue weighted by Crippen LogP contribution is -2.39. The molecule has 1 aliphatic carbocycles. The van der Waals surface area contributed by atoms with Gasteiger partial charge in [0.2, 0.25) is 0 Å². The number of benzene rings is 1. The van der Waals surface area contributed by atoms with Crippen molar-refractivity contribution in [2.24, 2.45) is 0 Å². The highest BCUT2D eigenvalue weighted by Gasteiger charge is 2.22. The molecule has 118 valence electrons. The van der Waals surface area contributed by atoms with Crippen LogP contribution in [0.25, 0.3) is 21.3 Å². The van der Waals surface area contributed by atoms with E-state index >= 15 is 0 Å². The van der Waals surface area contributed by atoms with Gasteiger partial charge in [-0.25, -0.2) is 0 Å². The van der Waals surface area contributed by atoms with Crippen LogP contribution in [-0.4, -0.2) is 20.9 Å². The van der Waals surface area contributed by atoms with Crippen LogP contribution in [0.5, 0.6) is 0 Å². The third-order valence-corrected chi connectivity index (χ3v) is 5.54. The molecule has 0 atom stereocenters. The van der Waals surface area contributed by atoms with Crippen LogP contribution in [0.3, 0.4) is 0 Å². The van der Waals surface area contributed by atoms with Crippen LogP contribution < -0.4 is 5.32 Å². The van der Waals surface area contributed by atoms with Crippen molar-refractivity contribution in [1.29, 1.82) is 0 Å². The first-order chi connectivity index (χ1) is 11.3. The number of halogens is 1. The Kier molecular flexibility index (Phi) is 3.82. The van der Waals surface area contributed by atoms with Gasteiger partial charge in [0.05, 0.1) is 15.9 Å². The van der Waals surface area contributed by atoms with E-state index in [1.807, 2.05) is 12.1 Å². The molecule has 0 saturated heterocycles. The predicted molar refractivity (Wildman–Crippen MR) is 92.2 cm³/mol. The minimum absolute atomic E-state index is 0.0901. The molecule has 0 unspecified atom stereocenters. The monoisotopic (exact) mass is 347 g/mol. The van der Waals surface area contributed by atoms with Gasteiger partial charge in [-0.1, -0.05) is 0 Å². The van der Waals surface area contributed by atoms with Gasteiger partial charge in [0.25, 0.3) is 5.91 Å². The van der Waals surface area contributed by atoms with Gasteiger partial charge >= 0.3 is 0 Å². The number of carbonyl (C=O) groups excluding carboxylic acids is 1. The first kappa shape index (κ1) is 14.7. The molecule has 1 amide bonds. The molecule has 2 aromatic heterocycles. The van der Waals surface area contributed by atoms with Crippen LogP contribution >= 0.6 is 23.7 Å². The Morgan fingerprint density at radius 3 is 2.96 bits per heavy atom. The molecule has 7 heteroatoms. The van der Waals surface area contributed by atoms with E-state index in [0.717, 1.165) is 35.1 Å². The first-order valence-corrected chi connectivity index (χ1v) is 8.95. The van der Waals surface area contributed by atoms with Gasteiger partial charge in [0.1, 0.15) is 0 Å². The molecule has 1 aromatic carbocycles. The number of nitrogens with one attached hydrogen (secondary N) is 1. The number of aromatic nitrogens is 2. The molecule has 0 radical (unpaired) electrons. The summed E-state index contributed by atoms with van der Waals surface area (Å²) in [6.45, 7) is 0. The highest BCUT2D eigenvalue weighted by molar-refractivity contribution is 7.92. The number of hydrogen-bond donors (Lipinski definition) is 1. The molecule has 0 aliphatic heterocycles. The van der Waals surface area contributed by atoms with Gasteiger partial charge in [-0.15, -0.1) is 15.2 Å². The summed E-state index contributed by atoms with van der Waals surface area (Å²) in [5.41, 5.74) is 3.91. The minimum atomic E-state index is -0.0901. The molecule has 23 heavy (non-hydrogen) atoms. The fraction of sp³-hybridized carbons (Fsp3) is 0.250. The first-order valence-electron chi connectivity index (χ1n) is 7.40. The smallest absolute Gasteiger partial charge is 0.252 e. The highest BCUT2D eigenvalue weighted by atomic mass is 32.2. The highest BCUT2D eigenvalue weighted by Crippen LogP contribution is 2.32. The van der Waals surface area contributed by atoms with Crippen molar-refractivity contribution in [3.05, 3.63) is 41.7 Å². The van der Waals surface area contributed by atoms with Crippen molar-refractivity contribution >= 4 is 40.5 Å². The molecule has 0 bridgehead atoms. The average molecular weight is 347 g/mol. The fourth-order valence-electron chi connectivity index (χ4n) is 2.78. The molecule has 0 spiro atoms. The summed E-state index contributed by atoms with van der Waals surface area (Å²) >= 11 is 1.63. The number of rotatable bonds is 4. The number of nitrogens with zero attached hydrogens (tertiary/aromatic N) is 2. The van der Waals surface area contributed by atoms with Crippen molar-refractivity contribution < 1.29 is 8.68 Å². The predicted octanol–water partition coefficient (Wildman–Crippen LogP) is 4.43. The van der Waals surface area contributed by atoms with Crippen LogP contribution in [0, 0.1) is 0 Å². The summed E-state index contributed by atoms with van der Waals surface area (Å²) in [5.74, 6) is -0.0901. The molecule has 3 aromatic rings. The second kappa shape index (κ2) is 5.98. The third kappa shape index (κ3) is 2.64. The zero-order valence-corrected chi connectivity index (χ0v) is 13.8. The summed E-state index contributed by atoms with van der Waals surface area (Å²) in [4.78, 5) is 17.7. The number of thiazole rings is 1. The van der Waals surface area contributed by atoms with E-state index in [9.17, 15) is 8.68 Å². The summed E-state index contributed by atoms with van der Waals surface area (Å²) in [6, 6.07) is 5.82. The quantitative estimate of drug-likeness (QED) is 0.759. The Morgan fingerprint density at radius 2 is 2.30 bits per heavy atom. The standard InChI is InChI=1S/C16H14FN3OS2/c17-23-20-5-4-12-13(16(21)19-11-2-1-3-11)6-10(7-14(12)20)15-8-18-9-22-15/h4-9,11H,1-3H2,(H,19,21).